The molecule has 0 aliphatic carbocycles. The monoisotopic (exact) mass is 388 g/mol. The van der Waals surface area contributed by atoms with Crippen LogP contribution in [0.3, 0.4) is 0 Å². The minimum atomic E-state index is -0.411. The van der Waals surface area contributed by atoms with Gasteiger partial charge in [0.1, 0.15) is 0 Å². The van der Waals surface area contributed by atoms with Crippen LogP contribution in [-0.2, 0) is 0 Å². The Bertz CT molecular complexity index is 820. The molecule has 3 rings (SSSR count). The Balaban J connectivity index is 1.54. The third-order valence-electron chi connectivity index (χ3n) is 4.70. The van der Waals surface area contributed by atoms with Crippen LogP contribution in [0.25, 0.3) is 0 Å². The Hall–Kier alpha value is -2.80. The van der Waals surface area contributed by atoms with Crippen molar-refractivity contribution in [3.63, 3.8) is 0 Å². The van der Waals surface area contributed by atoms with Crippen molar-refractivity contribution in [3.05, 3.63) is 69.2 Å². The van der Waals surface area contributed by atoms with Crippen LogP contribution < -0.4 is 10.2 Å². The van der Waals surface area contributed by atoms with Crippen LogP contribution >= 0.6 is 11.6 Å². The van der Waals surface area contributed by atoms with E-state index in [0.29, 0.717) is 31.2 Å². The van der Waals surface area contributed by atoms with Crippen LogP contribution in [-0.4, -0.2) is 42.0 Å². The van der Waals surface area contributed by atoms with Gasteiger partial charge in [0.2, 0.25) is 0 Å². The number of carbonyl (C=O) groups is 1. The highest BCUT2D eigenvalue weighted by molar-refractivity contribution is 6.31. The maximum atomic E-state index is 12.5. The zero-order valence-corrected chi connectivity index (χ0v) is 15.7. The fourth-order valence-electron chi connectivity index (χ4n) is 3.13. The average Bonchev–Trinajstić information content (AvgIpc) is 2.68. The number of amides is 2. The first-order valence-corrected chi connectivity index (χ1v) is 9.13. The van der Waals surface area contributed by atoms with Gasteiger partial charge in [-0.15, -0.1) is 0 Å². The molecule has 2 amide bonds. The molecule has 2 aromatic carbocycles. The molecule has 27 heavy (non-hydrogen) atoms. The molecule has 2 aromatic rings. The number of piperazine rings is 1. The molecule has 1 fully saturated rings. The van der Waals surface area contributed by atoms with E-state index in [1.807, 2.05) is 31.2 Å². The van der Waals surface area contributed by atoms with Crippen molar-refractivity contribution in [2.24, 2.45) is 0 Å². The van der Waals surface area contributed by atoms with Gasteiger partial charge in [0.05, 0.1) is 11.0 Å². The maximum absolute atomic E-state index is 12.5. The molecular formula is C19H21ClN4O3. The minimum absolute atomic E-state index is 0.0744. The number of nitrogens with one attached hydrogen (secondary N) is 1. The van der Waals surface area contributed by atoms with Crippen molar-refractivity contribution in [2.75, 3.05) is 31.1 Å². The Kier molecular flexibility index (Phi) is 5.81. The first-order valence-electron chi connectivity index (χ1n) is 8.75. The van der Waals surface area contributed by atoms with Crippen LogP contribution in [0.15, 0.2) is 48.5 Å². The second-order valence-electron chi connectivity index (χ2n) is 6.44. The van der Waals surface area contributed by atoms with E-state index in [4.69, 9.17) is 11.6 Å². The SMILES string of the molecule is CC(NC(=O)N1CCN(c2ccc([N+](=O)[O-])cc2)CC1)c1ccccc1Cl. The predicted octanol–water partition coefficient (Wildman–Crippen LogP) is 3.84. The number of rotatable bonds is 4. The van der Waals surface area contributed by atoms with Crippen molar-refractivity contribution in [1.29, 1.82) is 0 Å². The van der Waals surface area contributed by atoms with Crippen molar-refractivity contribution in [1.82, 2.24) is 10.2 Å². The summed E-state index contributed by atoms with van der Waals surface area (Å²) >= 11 is 6.19. The quantitative estimate of drug-likeness (QED) is 0.637. The maximum Gasteiger partial charge on any atom is 0.317 e. The molecule has 1 aliphatic rings. The Morgan fingerprint density at radius 2 is 1.74 bits per heavy atom. The third-order valence-corrected chi connectivity index (χ3v) is 5.05. The summed E-state index contributed by atoms with van der Waals surface area (Å²) in [6, 6.07) is 13.7. The van der Waals surface area contributed by atoms with Gasteiger partial charge in [0, 0.05) is 49.0 Å². The van der Waals surface area contributed by atoms with Crippen LogP contribution in [0, 0.1) is 10.1 Å². The normalized spacial score (nSPS) is 15.3. The third kappa shape index (κ3) is 4.49. The van der Waals surface area contributed by atoms with Crippen molar-refractivity contribution in [3.8, 4) is 0 Å². The number of hydrogen-bond donors (Lipinski definition) is 1. The van der Waals surface area contributed by atoms with Gasteiger partial charge in [-0.25, -0.2) is 4.79 Å². The fraction of sp³-hybridized carbons (Fsp3) is 0.316. The number of urea groups is 1. The average molecular weight is 389 g/mol. The van der Waals surface area contributed by atoms with Crippen LogP contribution in [0.5, 0.6) is 0 Å². The lowest BCUT2D eigenvalue weighted by Gasteiger charge is -2.36. The van der Waals surface area contributed by atoms with E-state index in [1.54, 1.807) is 17.0 Å². The number of benzene rings is 2. The number of anilines is 1. The first kappa shape index (κ1) is 19.0. The van der Waals surface area contributed by atoms with E-state index in [2.05, 4.69) is 10.2 Å². The van der Waals surface area contributed by atoms with E-state index >= 15 is 0 Å². The largest absolute Gasteiger partial charge is 0.368 e. The Labute approximate surface area is 162 Å². The number of nitro benzene ring substituents is 1. The van der Waals surface area contributed by atoms with Crippen LogP contribution in [0.4, 0.5) is 16.2 Å². The smallest absolute Gasteiger partial charge is 0.317 e. The van der Waals surface area contributed by atoms with E-state index in [0.717, 1.165) is 11.3 Å². The molecule has 1 N–H and O–H groups in total. The highest BCUT2D eigenvalue weighted by Crippen LogP contribution is 2.23. The molecular weight excluding hydrogens is 368 g/mol. The molecule has 8 heteroatoms. The molecule has 0 bridgehead atoms. The summed E-state index contributed by atoms with van der Waals surface area (Å²) in [5, 5.41) is 14.4. The van der Waals surface area contributed by atoms with Gasteiger partial charge in [-0.05, 0) is 30.7 Å². The number of carbonyl (C=O) groups excluding carboxylic acids is 1. The lowest BCUT2D eigenvalue weighted by atomic mass is 10.1. The van der Waals surface area contributed by atoms with Crippen molar-refractivity contribution in [2.45, 2.75) is 13.0 Å². The zero-order chi connectivity index (χ0) is 19.4. The van der Waals surface area contributed by atoms with E-state index in [9.17, 15) is 14.9 Å². The van der Waals surface area contributed by atoms with Crippen LogP contribution in [0.1, 0.15) is 18.5 Å². The van der Waals surface area contributed by atoms with Gasteiger partial charge in [0.15, 0.2) is 0 Å². The molecule has 7 nitrogen and oxygen atoms in total. The molecule has 142 valence electrons. The highest BCUT2D eigenvalue weighted by Gasteiger charge is 2.23. The lowest BCUT2D eigenvalue weighted by Crippen LogP contribution is -2.52. The predicted molar refractivity (Wildman–Crippen MR) is 105 cm³/mol. The zero-order valence-electron chi connectivity index (χ0n) is 15.0. The van der Waals surface area contributed by atoms with Gasteiger partial charge in [-0.3, -0.25) is 10.1 Å². The van der Waals surface area contributed by atoms with E-state index < -0.39 is 4.92 Å². The van der Waals surface area contributed by atoms with Gasteiger partial charge in [0.25, 0.3) is 5.69 Å². The summed E-state index contributed by atoms with van der Waals surface area (Å²) in [6.45, 7) is 4.42. The summed E-state index contributed by atoms with van der Waals surface area (Å²) in [5.74, 6) is 0. The van der Waals surface area contributed by atoms with Gasteiger partial charge < -0.3 is 15.1 Å². The van der Waals surface area contributed by atoms with Gasteiger partial charge >= 0.3 is 6.03 Å². The molecule has 1 atom stereocenters. The second kappa shape index (κ2) is 8.26. The second-order valence-corrected chi connectivity index (χ2v) is 6.85. The topological polar surface area (TPSA) is 78.7 Å². The molecule has 1 unspecified atom stereocenters. The summed E-state index contributed by atoms with van der Waals surface area (Å²) in [6.07, 6.45) is 0. The molecule has 0 saturated carbocycles. The molecule has 0 spiro atoms. The summed E-state index contributed by atoms with van der Waals surface area (Å²) in [5.41, 5.74) is 1.88. The minimum Gasteiger partial charge on any atom is -0.368 e. The van der Waals surface area contributed by atoms with Crippen LogP contribution in [0.2, 0.25) is 5.02 Å². The number of halogens is 1. The fourth-order valence-corrected chi connectivity index (χ4v) is 3.43. The number of non-ortho nitro benzene ring substituents is 1. The van der Waals surface area contributed by atoms with Crippen molar-refractivity contribution >= 4 is 29.0 Å². The van der Waals surface area contributed by atoms with E-state index in [-0.39, 0.29) is 17.8 Å². The van der Waals surface area contributed by atoms with Gasteiger partial charge in [-0.1, -0.05) is 29.8 Å². The van der Waals surface area contributed by atoms with E-state index in [1.165, 1.54) is 12.1 Å². The Morgan fingerprint density at radius 1 is 1.11 bits per heavy atom. The molecule has 1 aliphatic heterocycles. The number of hydrogen-bond acceptors (Lipinski definition) is 4. The molecule has 0 aromatic heterocycles. The number of nitro groups is 1. The molecule has 1 saturated heterocycles. The molecule has 0 radical (unpaired) electrons. The lowest BCUT2D eigenvalue weighted by molar-refractivity contribution is -0.384. The summed E-state index contributed by atoms with van der Waals surface area (Å²) in [4.78, 5) is 26.8. The first-order chi connectivity index (χ1) is 13.0. The molecule has 1 heterocycles. The Morgan fingerprint density at radius 3 is 2.33 bits per heavy atom. The van der Waals surface area contributed by atoms with Crippen molar-refractivity contribution < 1.29 is 9.72 Å². The van der Waals surface area contributed by atoms with Gasteiger partial charge in [-0.2, -0.15) is 0 Å². The summed E-state index contributed by atoms with van der Waals surface area (Å²) in [7, 11) is 0. The number of nitrogens with zero attached hydrogens (tertiary/aromatic N) is 3. The highest BCUT2D eigenvalue weighted by atomic mass is 35.5. The standard InChI is InChI=1S/C19H21ClN4O3/c1-14(17-4-2-3-5-18(17)20)21-19(25)23-12-10-22(11-13-23)15-6-8-16(9-7-15)24(26)27/h2-9,14H,10-13H2,1H3,(H,21,25). The summed E-state index contributed by atoms with van der Waals surface area (Å²) < 4.78 is 0.